The van der Waals surface area contributed by atoms with Gasteiger partial charge < -0.3 is 20.1 Å². The number of piperidine rings is 1. The average Bonchev–Trinajstić information content (AvgIpc) is 2.50. The molecule has 1 aliphatic heterocycles. The zero-order valence-corrected chi connectivity index (χ0v) is 11.9. The highest BCUT2D eigenvalue weighted by Crippen LogP contribution is 2.22. The van der Waals surface area contributed by atoms with E-state index < -0.39 is 0 Å². The summed E-state index contributed by atoms with van der Waals surface area (Å²) in [6.45, 7) is 2.48. The molecule has 0 unspecified atom stereocenters. The van der Waals surface area contributed by atoms with Crippen LogP contribution in [0.2, 0.25) is 0 Å². The maximum Gasteiger partial charge on any atom is 0.236 e. The molecule has 20 heavy (non-hydrogen) atoms. The Balaban J connectivity index is 1.81. The summed E-state index contributed by atoms with van der Waals surface area (Å²) in [6, 6.07) is 5.08. The Bertz CT molecular complexity index is 456. The first kappa shape index (κ1) is 14.7. The van der Waals surface area contributed by atoms with Gasteiger partial charge in [-0.25, -0.2) is 0 Å². The van der Waals surface area contributed by atoms with Gasteiger partial charge in [-0.15, -0.1) is 0 Å². The molecule has 0 atom stereocenters. The first-order valence-electron chi connectivity index (χ1n) is 7.05. The summed E-state index contributed by atoms with van der Waals surface area (Å²) < 4.78 is 5.12. The van der Waals surface area contributed by atoms with Crippen LogP contribution < -0.4 is 10.1 Å². The first-order valence-corrected chi connectivity index (χ1v) is 7.05. The summed E-state index contributed by atoms with van der Waals surface area (Å²) in [5, 5.41) is 12.8. The Hall–Kier alpha value is -1.75. The van der Waals surface area contributed by atoms with Gasteiger partial charge >= 0.3 is 0 Å². The number of nitrogens with zero attached hydrogens (tertiary/aromatic N) is 1. The number of aromatic hydroxyl groups is 1. The Morgan fingerprint density at radius 2 is 2.10 bits per heavy atom. The van der Waals surface area contributed by atoms with Crippen LogP contribution in [0.1, 0.15) is 24.8 Å². The molecule has 0 saturated carbocycles. The molecule has 5 heteroatoms. The van der Waals surface area contributed by atoms with E-state index in [0.717, 1.165) is 31.5 Å². The number of methoxy groups -OCH3 is 1. The standard InChI is InChI=1S/C15H22N2O3/c1-20-13-5-6-14(18)12(9-13)10-16-11-15(19)17-7-3-2-4-8-17/h5-6,9,16,18H,2-4,7-8,10-11H2,1H3. The van der Waals surface area contributed by atoms with Crippen LogP contribution in [0.15, 0.2) is 18.2 Å². The van der Waals surface area contributed by atoms with Gasteiger partial charge in [-0.3, -0.25) is 4.79 Å². The molecule has 1 aromatic rings. The van der Waals surface area contributed by atoms with Crippen LogP contribution in [-0.2, 0) is 11.3 Å². The number of phenolic OH excluding ortho intramolecular Hbond substituents is 1. The fourth-order valence-electron chi connectivity index (χ4n) is 2.39. The quantitative estimate of drug-likeness (QED) is 0.857. The predicted molar refractivity (Wildman–Crippen MR) is 76.8 cm³/mol. The van der Waals surface area contributed by atoms with Gasteiger partial charge in [0.05, 0.1) is 13.7 Å². The van der Waals surface area contributed by atoms with Gasteiger partial charge in [0.2, 0.25) is 5.91 Å². The number of nitrogens with one attached hydrogen (secondary N) is 1. The summed E-state index contributed by atoms with van der Waals surface area (Å²) in [7, 11) is 1.59. The highest BCUT2D eigenvalue weighted by atomic mass is 16.5. The lowest BCUT2D eigenvalue weighted by molar-refractivity contribution is -0.131. The maximum atomic E-state index is 12.0. The number of hydrogen-bond acceptors (Lipinski definition) is 4. The number of ether oxygens (including phenoxy) is 1. The molecule has 0 radical (unpaired) electrons. The molecular formula is C15H22N2O3. The van der Waals surface area contributed by atoms with Crippen molar-refractivity contribution in [3.05, 3.63) is 23.8 Å². The fourth-order valence-corrected chi connectivity index (χ4v) is 2.39. The number of phenols is 1. The lowest BCUT2D eigenvalue weighted by Crippen LogP contribution is -2.40. The first-order chi connectivity index (χ1) is 9.70. The van der Waals surface area contributed by atoms with Crippen LogP contribution in [0.4, 0.5) is 0 Å². The Kier molecular flexibility index (Phi) is 5.24. The highest BCUT2D eigenvalue weighted by Gasteiger charge is 2.15. The van der Waals surface area contributed by atoms with Crippen molar-refractivity contribution in [2.75, 3.05) is 26.7 Å². The van der Waals surface area contributed by atoms with Crippen molar-refractivity contribution in [3.8, 4) is 11.5 Å². The molecule has 1 aromatic carbocycles. The van der Waals surface area contributed by atoms with Crippen molar-refractivity contribution in [1.29, 1.82) is 0 Å². The molecule has 0 spiro atoms. The van der Waals surface area contributed by atoms with Crippen molar-refractivity contribution in [3.63, 3.8) is 0 Å². The van der Waals surface area contributed by atoms with E-state index in [-0.39, 0.29) is 11.7 Å². The zero-order chi connectivity index (χ0) is 14.4. The van der Waals surface area contributed by atoms with Gasteiger partial charge in [0.1, 0.15) is 11.5 Å². The molecule has 2 N–H and O–H groups in total. The van der Waals surface area contributed by atoms with Crippen molar-refractivity contribution in [2.24, 2.45) is 0 Å². The Morgan fingerprint density at radius 1 is 1.35 bits per heavy atom. The normalized spacial score (nSPS) is 15.2. The molecule has 2 rings (SSSR count). The Morgan fingerprint density at radius 3 is 2.80 bits per heavy atom. The minimum atomic E-state index is 0.132. The summed E-state index contributed by atoms with van der Waals surface area (Å²) >= 11 is 0. The molecule has 0 aliphatic carbocycles. The SMILES string of the molecule is COc1ccc(O)c(CNCC(=O)N2CCCCC2)c1. The molecule has 1 saturated heterocycles. The van der Waals surface area contributed by atoms with Crippen LogP contribution in [0.25, 0.3) is 0 Å². The Labute approximate surface area is 119 Å². The van der Waals surface area contributed by atoms with Gasteiger partial charge in [-0.1, -0.05) is 0 Å². The highest BCUT2D eigenvalue weighted by molar-refractivity contribution is 5.78. The second-order valence-electron chi connectivity index (χ2n) is 5.04. The van der Waals surface area contributed by atoms with Gasteiger partial charge in [0, 0.05) is 25.2 Å². The number of carbonyl (C=O) groups is 1. The minimum absolute atomic E-state index is 0.132. The molecule has 5 nitrogen and oxygen atoms in total. The van der Waals surface area contributed by atoms with E-state index in [2.05, 4.69) is 5.32 Å². The number of hydrogen-bond donors (Lipinski definition) is 2. The zero-order valence-electron chi connectivity index (χ0n) is 11.9. The van der Waals surface area contributed by atoms with Crippen LogP contribution >= 0.6 is 0 Å². The van der Waals surface area contributed by atoms with E-state index in [0.29, 0.717) is 18.8 Å². The van der Waals surface area contributed by atoms with Crippen molar-refractivity contribution >= 4 is 5.91 Å². The summed E-state index contributed by atoms with van der Waals surface area (Å²) in [6.07, 6.45) is 3.42. The summed E-state index contributed by atoms with van der Waals surface area (Å²) in [4.78, 5) is 13.9. The molecule has 0 bridgehead atoms. The largest absolute Gasteiger partial charge is 0.508 e. The molecule has 1 aliphatic rings. The molecule has 1 amide bonds. The number of likely N-dealkylation sites (tertiary alicyclic amines) is 1. The third-order valence-corrected chi connectivity index (χ3v) is 3.59. The fraction of sp³-hybridized carbons (Fsp3) is 0.533. The average molecular weight is 278 g/mol. The molecule has 1 heterocycles. The third kappa shape index (κ3) is 3.87. The van der Waals surface area contributed by atoms with Crippen LogP contribution in [-0.4, -0.2) is 42.7 Å². The molecule has 1 fully saturated rings. The molecular weight excluding hydrogens is 256 g/mol. The van der Waals surface area contributed by atoms with Crippen LogP contribution in [0, 0.1) is 0 Å². The number of amides is 1. The lowest BCUT2D eigenvalue weighted by Gasteiger charge is -2.26. The summed E-state index contributed by atoms with van der Waals surface area (Å²) in [5.41, 5.74) is 0.732. The van der Waals surface area contributed by atoms with Crippen molar-refractivity contribution in [2.45, 2.75) is 25.8 Å². The number of carbonyl (C=O) groups excluding carboxylic acids is 1. The van der Waals surface area contributed by atoms with E-state index in [4.69, 9.17) is 4.74 Å². The predicted octanol–water partition coefficient (Wildman–Crippen LogP) is 1.50. The van der Waals surface area contributed by atoms with Crippen LogP contribution in [0.3, 0.4) is 0 Å². The van der Waals surface area contributed by atoms with E-state index in [1.807, 2.05) is 4.90 Å². The van der Waals surface area contributed by atoms with Gasteiger partial charge in [-0.2, -0.15) is 0 Å². The van der Waals surface area contributed by atoms with Gasteiger partial charge in [-0.05, 0) is 37.5 Å². The second kappa shape index (κ2) is 7.14. The van der Waals surface area contributed by atoms with E-state index >= 15 is 0 Å². The second-order valence-corrected chi connectivity index (χ2v) is 5.04. The van der Waals surface area contributed by atoms with E-state index in [9.17, 15) is 9.90 Å². The number of rotatable bonds is 5. The topological polar surface area (TPSA) is 61.8 Å². The lowest BCUT2D eigenvalue weighted by atomic mass is 10.1. The van der Waals surface area contributed by atoms with E-state index in [1.54, 1.807) is 25.3 Å². The van der Waals surface area contributed by atoms with E-state index in [1.165, 1.54) is 6.42 Å². The van der Waals surface area contributed by atoms with Crippen LogP contribution in [0.5, 0.6) is 11.5 Å². The third-order valence-electron chi connectivity index (χ3n) is 3.59. The smallest absolute Gasteiger partial charge is 0.236 e. The van der Waals surface area contributed by atoms with Crippen molar-refractivity contribution < 1.29 is 14.6 Å². The minimum Gasteiger partial charge on any atom is -0.508 e. The van der Waals surface area contributed by atoms with Gasteiger partial charge in [0.15, 0.2) is 0 Å². The molecule has 110 valence electrons. The maximum absolute atomic E-state index is 12.0. The van der Waals surface area contributed by atoms with Crippen molar-refractivity contribution in [1.82, 2.24) is 10.2 Å². The monoisotopic (exact) mass is 278 g/mol. The number of benzene rings is 1. The summed E-state index contributed by atoms with van der Waals surface area (Å²) in [5.74, 6) is 1.04. The molecule has 0 aromatic heterocycles. The van der Waals surface area contributed by atoms with Gasteiger partial charge in [0.25, 0.3) is 0 Å².